The molecular weight excluding hydrogens is 222 g/mol. The van der Waals surface area contributed by atoms with Crippen molar-refractivity contribution in [2.45, 2.75) is 31.2 Å². The molecule has 1 aromatic carbocycles. The highest BCUT2D eigenvalue weighted by atomic mass is 35.6. The quantitative estimate of drug-likeness (QED) is 0.637. The van der Waals surface area contributed by atoms with E-state index in [4.69, 9.17) is 16.8 Å². The molecule has 0 spiro atoms. The van der Waals surface area contributed by atoms with Crippen LogP contribution in [0.15, 0.2) is 30.3 Å². The van der Waals surface area contributed by atoms with Crippen molar-refractivity contribution in [3.8, 4) is 0 Å². The summed E-state index contributed by atoms with van der Waals surface area (Å²) in [6, 6.07) is 10.5. The van der Waals surface area contributed by atoms with Crippen molar-refractivity contribution in [1.29, 1.82) is 0 Å². The minimum atomic E-state index is -1.92. The fourth-order valence-corrected chi connectivity index (χ4v) is 6.76. The summed E-state index contributed by atoms with van der Waals surface area (Å²) in [5.41, 5.74) is 6.64. The van der Waals surface area contributed by atoms with Gasteiger partial charge in [-0.1, -0.05) is 56.0 Å². The maximum absolute atomic E-state index is 6.87. The summed E-state index contributed by atoms with van der Waals surface area (Å²) >= 11 is 6.87. The second-order valence-corrected chi connectivity index (χ2v) is 9.96. The molecule has 0 amide bonds. The van der Waals surface area contributed by atoms with Crippen molar-refractivity contribution >= 4 is 23.6 Å². The predicted octanol–water partition coefficient (Wildman–Crippen LogP) is 2.52. The van der Waals surface area contributed by atoms with Crippen molar-refractivity contribution in [1.82, 2.24) is 0 Å². The number of hydrogen-bond donors (Lipinski definition) is 1. The van der Waals surface area contributed by atoms with Crippen LogP contribution in [0.5, 0.6) is 0 Å². The van der Waals surface area contributed by atoms with E-state index in [2.05, 4.69) is 24.3 Å². The average Bonchev–Trinajstić information content (AvgIpc) is 2.83. The third-order valence-electron chi connectivity index (χ3n) is 3.55. The van der Waals surface area contributed by atoms with Crippen LogP contribution in [0.25, 0.3) is 0 Å². The topological polar surface area (TPSA) is 26.0 Å². The van der Waals surface area contributed by atoms with Gasteiger partial charge in [0, 0.05) is 6.17 Å². The van der Waals surface area contributed by atoms with E-state index in [0.29, 0.717) is 11.7 Å². The van der Waals surface area contributed by atoms with Crippen LogP contribution in [0.3, 0.4) is 0 Å². The number of hydrogen-bond acceptors (Lipinski definition) is 1. The molecule has 0 heterocycles. The summed E-state index contributed by atoms with van der Waals surface area (Å²) in [4.78, 5) is 0. The smallest absolute Gasteiger partial charge is 0.203 e. The monoisotopic (exact) mass is 239 g/mol. The Hall–Kier alpha value is -0.313. The number of nitrogens with two attached hydrogens (primary N) is 1. The van der Waals surface area contributed by atoms with Gasteiger partial charge in [0.05, 0.1) is 0 Å². The summed E-state index contributed by atoms with van der Waals surface area (Å²) in [5.74, 6) is 0. The average molecular weight is 240 g/mol. The summed E-state index contributed by atoms with van der Waals surface area (Å²) < 4.78 is 0. The van der Waals surface area contributed by atoms with Crippen molar-refractivity contribution in [2.75, 3.05) is 6.17 Å². The van der Waals surface area contributed by atoms with E-state index in [1.807, 2.05) is 6.07 Å². The van der Waals surface area contributed by atoms with Gasteiger partial charge in [0.15, 0.2) is 0 Å². The maximum atomic E-state index is 6.87. The fraction of sp³-hybridized carbons (Fsp3) is 0.500. The van der Waals surface area contributed by atoms with Crippen LogP contribution in [-0.2, 0) is 0 Å². The Balaban J connectivity index is 2.28. The first-order chi connectivity index (χ1) is 7.27. The SMILES string of the molecule is NC[Si](Cl)(c1ccccc1)C1CCCC1. The first kappa shape index (κ1) is 11.2. The zero-order valence-electron chi connectivity index (χ0n) is 8.95. The van der Waals surface area contributed by atoms with E-state index in [1.165, 1.54) is 30.9 Å². The third kappa shape index (κ3) is 2.12. The van der Waals surface area contributed by atoms with Crippen LogP contribution in [0.4, 0.5) is 0 Å². The van der Waals surface area contributed by atoms with Gasteiger partial charge in [-0.2, -0.15) is 11.1 Å². The second-order valence-electron chi connectivity index (χ2n) is 4.41. The van der Waals surface area contributed by atoms with Gasteiger partial charge in [-0.25, -0.2) is 0 Å². The Kier molecular flexibility index (Phi) is 3.49. The summed E-state index contributed by atoms with van der Waals surface area (Å²) in [5, 5.41) is 1.32. The van der Waals surface area contributed by atoms with Crippen molar-refractivity contribution in [3.05, 3.63) is 30.3 Å². The standard InChI is InChI=1S/C12H18ClNSi/c13-15(10-14,12-8-4-5-9-12)11-6-2-1-3-7-11/h1-3,6-7,12H,4-5,8-10,14H2. The van der Waals surface area contributed by atoms with Gasteiger partial charge in [-0.05, 0) is 10.7 Å². The molecule has 0 aromatic heterocycles. The molecule has 1 atom stereocenters. The third-order valence-corrected chi connectivity index (χ3v) is 9.36. The Bertz CT molecular complexity index is 311. The molecule has 15 heavy (non-hydrogen) atoms. The second kappa shape index (κ2) is 4.68. The van der Waals surface area contributed by atoms with Gasteiger partial charge in [0.1, 0.15) is 0 Å². The fourth-order valence-electron chi connectivity index (χ4n) is 2.62. The van der Waals surface area contributed by atoms with E-state index >= 15 is 0 Å². The lowest BCUT2D eigenvalue weighted by molar-refractivity contribution is 0.846. The number of halogens is 1. The molecule has 3 heteroatoms. The van der Waals surface area contributed by atoms with Crippen LogP contribution in [0, 0.1) is 0 Å². The number of rotatable bonds is 3. The zero-order valence-corrected chi connectivity index (χ0v) is 10.7. The molecule has 2 rings (SSSR count). The molecule has 1 unspecified atom stereocenters. The molecule has 1 fully saturated rings. The van der Waals surface area contributed by atoms with E-state index in [1.54, 1.807) is 0 Å². The Morgan fingerprint density at radius 2 is 1.80 bits per heavy atom. The lowest BCUT2D eigenvalue weighted by Crippen LogP contribution is -2.52. The van der Waals surface area contributed by atoms with Gasteiger partial charge in [-0.3, -0.25) is 0 Å². The van der Waals surface area contributed by atoms with Crippen LogP contribution >= 0.6 is 11.1 Å². The first-order valence-corrected chi connectivity index (χ1v) is 9.01. The highest BCUT2D eigenvalue weighted by Gasteiger charge is 2.41. The van der Waals surface area contributed by atoms with Gasteiger partial charge in [-0.15, -0.1) is 0 Å². The van der Waals surface area contributed by atoms with E-state index in [-0.39, 0.29) is 0 Å². The van der Waals surface area contributed by atoms with Crippen LogP contribution in [0.2, 0.25) is 5.54 Å². The molecule has 1 aliphatic rings. The van der Waals surface area contributed by atoms with Gasteiger partial charge >= 0.3 is 0 Å². The minimum Gasteiger partial charge on any atom is -0.331 e. The van der Waals surface area contributed by atoms with Crippen LogP contribution in [0.1, 0.15) is 25.7 Å². The molecule has 2 N–H and O–H groups in total. The zero-order chi connectivity index (χ0) is 10.7. The highest BCUT2D eigenvalue weighted by molar-refractivity contribution is 7.28. The molecule has 0 saturated heterocycles. The van der Waals surface area contributed by atoms with Gasteiger partial charge in [0.25, 0.3) is 0 Å². The van der Waals surface area contributed by atoms with E-state index in [0.717, 1.165) is 0 Å². The van der Waals surface area contributed by atoms with Gasteiger partial charge in [0.2, 0.25) is 7.38 Å². The molecule has 82 valence electrons. The van der Waals surface area contributed by atoms with Gasteiger partial charge < -0.3 is 5.73 Å². The lowest BCUT2D eigenvalue weighted by Gasteiger charge is -2.29. The molecule has 1 saturated carbocycles. The summed E-state index contributed by atoms with van der Waals surface area (Å²) in [6.45, 7) is 0. The maximum Gasteiger partial charge on any atom is 0.203 e. The van der Waals surface area contributed by atoms with Crippen LogP contribution in [-0.4, -0.2) is 13.6 Å². The molecule has 1 aromatic rings. The Morgan fingerprint density at radius 3 is 2.33 bits per heavy atom. The molecular formula is C12H18ClNSi. The largest absolute Gasteiger partial charge is 0.331 e. The van der Waals surface area contributed by atoms with Crippen LogP contribution < -0.4 is 10.9 Å². The predicted molar refractivity (Wildman–Crippen MR) is 69.0 cm³/mol. The van der Waals surface area contributed by atoms with Crippen molar-refractivity contribution in [2.24, 2.45) is 5.73 Å². The van der Waals surface area contributed by atoms with Crippen molar-refractivity contribution < 1.29 is 0 Å². The normalized spacial score (nSPS) is 21.5. The Morgan fingerprint density at radius 1 is 1.20 bits per heavy atom. The number of benzene rings is 1. The lowest BCUT2D eigenvalue weighted by atomic mass is 10.4. The van der Waals surface area contributed by atoms with E-state index in [9.17, 15) is 0 Å². The van der Waals surface area contributed by atoms with E-state index < -0.39 is 7.38 Å². The minimum absolute atomic E-state index is 0.670. The molecule has 0 radical (unpaired) electrons. The molecule has 0 bridgehead atoms. The first-order valence-electron chi connectivity index (χ1n) is 5.72. The Labute approximate surface area is 97.3 Å². The molecule has 0 aliphatic heterocycles. The summed E-state index contributed by atoms with van der Waals surface area (Å²) in [7, 11) is -1.92. The highest BCUT2D eigenvalue weighted by Crippen LogP contribution is 2.39. The molecule has 1 aliphatic carbocycles. The summed E-state index contributed by atoms with van der Waals surface area (Å²) in [6.07, 6.45) is 5.89. The van der Waals surface area contributed by atoms with Crippen molar-refractivity contribution in [3.63, 3.8) is 0 Å². The molecule has 1 nitrogen and oxygen atoms in total.